The van der Waals surface area contributed by atoms with Crippen molar-refractivity contribution in [2.45, 2.75) is 0 Å². The standard InChI is InChI=1S/C10H10O5/c1-2-5-15-10(14)6-3-4-7(11)9(13)8(6)12/h2-4,11-13H,1,5H2. The fraction of sp³-hybridized carbons (Fsp3) is 0.100. The van der Waals surface area contributed by atoms with E-state index in [0.717, 1.165) is 12.1 Å². The zero-order valence-electron chi connectivity index (χ0n) is 7.80. The summed E-state index contributed by atoms with van der Waals surface area (Å²) >= 11 is 0. The number of benzene rings is 1. The highest BCUT2D eigenvalue weighted by atomic mass is 16.5. The van der Waals surface area contributed by atoms with E-state index in [2.05, 4.69) is 11.3 Å². The summed E-state index contributed by atoms with van der Waals surface area (Å²) in [6.45, 7) is 3.35. The molecule has 0 spiro atoms. The van der Waals surface area contributed by atoms with Crippen LogP contribution in [-0.2, 0) is 4.74 Å². The molecule has 0 heterocycles. The summed E-state index contributed by atoms with van der Waals surface area (Å²) < 4.78 is 4.64. The lowest BCUT2D eigenvalue weighted by molar-refractivity contribution is 0.0545. The van der Waals surface area contributed by atoms with E-state index in [1.165, 1.54) is 6.08 Å². The van der Waals surface area contributed by atoms with Crippen LogP contribution in [0, 0.1) is 0 Å². The molecule has 0 fully saturated rings. The predicted octanol–water partition coefficient (Wildman–Crippen LogP) is 1.15. The van der Waals surface area contributed by atoms with E-state index in [0.29, 0.717) is 0 Å². The molecule has 0 radical (unpaired) electrons. The van der Waals surface area contributed by atoms with E-state index in [1.807, 2.05) is 0 Å². The van der Waals surface area contributed by atoms with Gasteiger partial charge in [0.05, 0.1) is 0 Å². The second-order valence-corrected chi connectivity index (χ2v) is 2.72. The second-order valence-electron chi connectivity index (χ2n) is 2.72. The summed E-state index contributed by atoms with van der Waals surface area (Å²) in [7, 11) is 0. The first-order valence-corrected chi connectivity index (χ1v) is 4.09. The van der Waals surface area contributed by atoms with Crippen LogP contribution in [0.25, 0.3) is 0 Å². The second kappa shape index (κ2) is 4.36. The molecule has 0 saturated heterocycles. The number of phenols is 3. The van der Waals surface area contributed by atoms with Crippen molar-refractivity contribution in [1.82, 2.24) is 0 Å². The maximum atomic E-state index is 11.3. The molecule has 0 amide bonds. The van der Waals surface area contributed by atoms with Gasteiger partial charge in [0.15, 0.2) is 11.5 Å². The van der Waals surface area contributed by atoms with Crippen LogP contribution >= 0.6 is 0 Å². The lowest BCUT2D eigenvalue weighted by Crippen LogP contribution is -2.05. The van der Waals surface area contributed by atoms with E-state index in [9.17, 15) is 9.90 Å². The molecule has 0 unspecified atom stereocenters. The number of carbonyl (C=O) groups is 1. The Kier molecular flexibility index (Phi) is 3.17. The van der Waals surface area contributed by atoms with Gasteiger partial charge in [-0.3, -0.25) is 0 Å². The van der Waals surface area contributed by atoms with Gasteiger partial charge in [0.1, 0.15) is 12.2 Å². The van der Waals surface area contributed by atoms with Crippen LogP contribution in [0.2, 0.25) is 0 Å². The van der Waals surface area contributed by atoms with E-state index in [1.54, 1.807) is 0 Å². The molecule has 0 aromatic heterocycles. The molecule has 5 nitrogen and oxygen atoms in total. The monoisotopic (exact) mass is 210 g/mol. The normalized spacial score (nSPS) is 9.60. The minimum Gasteiger partial charge on any atom is -0.504 e. The van der Waals surface area contributed by atoms with Crippen molar-refractivity contribution >= 4 is 5.97 Å². The van der Waals surface area contributed by atoms with Gasteiger partial charge in [0.2, 0.25) is 5.75 Å². The Morgan fingerprint density at radius 2 is 2.00 bits per heavy atom. The van der Waals surface area contributed by atoms with Crippen molar-refractivity contribution in [3.63, 3.8) is 0 Å². The molecule has 0 atom stereocenters. The lowest BCUT2D eigenvalue weighted by Gasteiger charge is -2.06. The summed E-state index contributed by atoms with van der Waals surface area (Å²) in [6, 6.07) is 2.23. The molecular formula is C10H10O5. The summed E-state index contributed by atoms with van der Waals surface area (Å²) in [4.78, 5) is 11.3. The van der Waals surface area contributed by atoms with Crippen molar-refractivity contribution in [2.24, 2.45) is 0 Å². The number of aromatic hydroxyl groups is 3. The van der Waals surface area contributed by atoms with Gasteiger partial charge in [-0.25, -0.2) is 4.79 Å². The lowest BCUT2D eigenvalue weighted by atomic mass is 10.2. The van der Waals surface area contributed by atoms with Crippen molar-refractivity contribution in [2.75, 3.05) is 6.61 Å². The third-order valence-electron chi connectivity index (χ3n) is 1.68. The Hall–Kier alpha value is -2.17. The molecule has 5 heteroatoms. The van der Waals surface area contributed by atoms with Crippen molar-refractivity contribution in [1.29, 1.82) is 0 Å². The highest BCUT2D eigenvalue weighted by Crippen LogP contribution is 2.37. The van der Waals surface area contributed by atoms with Crippen LogP contribution < -0.4 is 0 Å². The third kappa shape index (κ3) is 2.19. The zero-order valence-corrected chi connectivity index (χ0v) is 7.80. The first kappa shape index (κ1) is 10.9. The Bertz CT molecular complexity index is 397. The number of esters is 1. The van der Waals surface area contributed by atoms with E-state index in [-0.39, 0.29) is 12.2 Å². The highest BCUT2D eigenvalue weighted by molar-refractivity contribution is 5.93. The molecule has 0 bridgehead atoms. The number of phenolic OH excluding ortho intramolecular Hbond substituents is 3. The van der Waals surface area contributed by atoms with Crippen LogP contribution in [0.3, 0.4) is 0 Å². The highest BCUT2D eigenvalue weighted by Gasteiger charge is 2.17. The van der Waals surface area contributed by atoms with Gasteiger partial charge in [-0.05, 0) is 12.1 Å². The van der Waals surface area contributed by atoms with Gasteiger partial charge in [0, 0.05) is 0 Å². The predicted molar refractivity (Wildman–Crippen MR) is 51.9 cm³/mol. The largest absolute Gasteiger partial charge is 0.504 e. The number of carbonyl (C=O) groups excluding carboxylic acids is 1. The average molecular weight is 210 g/mol. The fourth-order valence-electron chi connectivity index (χ4n) is 0.946. The number of ether oxygens (including phenoxy) is 1. The van der Waals surface area contributed by atoms with E-state index < -0.39 is 23.2 Å². The fourth-order valence-corrected chi connectivity index (χ4v) is 0.946. The summed E-state index contributed by atoms with van der Waals surface area (Å²) in [6.07, 6.45) is 1.37. The molecule has 1 rings (SSSR count). The smallest absolute Gasteiger partial charge is 0.342 e. The summed E-state index contributed by atoms with van der Waals surface area (Å²) in [5, 5.41) is 27.4. The molecule has 15 heavy (non-hydrogen) atoms. The average Bonchev–Trinajstić information content (AvgIpc) is 2.23. The summed E-state index contributed by atoms with van der Waals surface area (Å²) in [5.41, 5.74) is -0.216. The first-order valence-electron chi connectivity index (χ1n) is 4.09. The van der Waals surface area contributed by atoms with Crippen molar-refractivity contribution in [3.8, 4) is 17.2 Å². The SMILES string of the molecule is C=CCOC(=O)c1ccc(O)c(O)c1O. The molecule has 80 valence electrons. The van der Waals surface area contributed by atoms with Crippen LogP contribution in [0.4, 0.5) is 0 Å². The van der Waals surface area contributed by atoms with Crippen LogP contribution in [0.1, 0.15) is 10.4 Å². The zero-order chi connectivity index (χ0) is 11.4. The number of hydrogen-bond donors (Lipinski definition) is 3. The maximum Gasteiger partial charge on any atom is 0.342 e. The summed E-state index contributed by atoms with van der Waals surface area (Å²) in [5.74, 6) is -2.76. The van der Waals surface area contributed by atoms with Gasteiger partial charge in [0.25, 0.3) is 0 Å². The topological polar surface area (TPSA) is 87.0 Å². The van der Waals surface area contributed by atoms with Gasteiger partial charge in [-0.15, -0.1) is 0 Å². The Labute approximate surface area is 85.9 Å². The Morgan fingerprint density at radius 3 is 2.60 bits per heavy atom. The molecule has 0 saturated carbocycles. The quantitative estimate of drug-likeness (QED) is 0.395. The maximum absolute atomic E-state index is 11.3. The third-order valence-corrected chi connectivity index (χ3v) is 1.68. The molecule has 1 aromatic rings. The first-order chi connectivity index (χ1) is 7.07. The molecule has 3 N–H and O–H groups in total. The van der Waals surface area contributed by atoms with Gasteiger partial charge in [-0.2, -0.15) is 0 Å². The van der Waals surface area contributed by atoms with Crippen molar-refractivity contribution in [3.05, 3.63) is 30.4 Å². The molecule has 0 aliphatic rings. The molecule has 0 aliphatic heterocycles. The van der Waals surface area contributed by atoms with Crippen LogP contribution in [0.5, 0.6) is 17.2 Å². The van der Waals surface area contributed by atoms with Crippen molar-refractivity contribution < 1.29 is 24.9 Å². The minimum atomic E-state index is -0.803. The number of rotatable bonds is 3. The van der Waals surface area contributed by atoms with Crippen LogP contribution in [0.15, 0.2) is 24.8 Å². The van der Waals surface area contributed by atoms with E-state index in [4.69, 9.17) is 10.2 Å². The van der Waals surface area contributed by atoms with Gasteiger partial charge in [-0.1, -0.05) is 12.7 Å². The molecular weight excluding hydrogens is 200 g/mol. The molecule has 0 aliphatic carbocycles. The van der Waals surface area contributed by atoms with Gasteiger partial charge < -0.3 is 20.1 Å². The van der Waals surface area contributed by atoms with Crippen LogP contribution in [-0.4, -0.2) is 27.9 Å². The van der Waals surface area contributed by atoms with E-state index >= 15 is 0 Å². The van der Waals surface area contributed by atoms with Gasteiger partial charge >= 0.3 is 5.97 Å². The minimum absolute atomic E-state index is 0.0000876. The number of hydrogen-bond acceptors (Lipinski definition) is 5. The Morgan fingerprint density at radius 1 is 1.33 bits per heavy atom. The molecule has 1 aromatic carbocycles. The Balaban J connectivity index is 3.00.